The molecule has 18 heavy (non-hydrogen) atoms. The summed E-state index contributed by atoms with van der Waals surface area (Å²) in [6, 6.07) is 8.48. The molecule has 0 heterocycles. The van der Waals surface area contributed by atoms with Gasteiger partial charge in [0.05, 0.1) is 0 Å². The zero-order valence-electron chi connectivity index (χ0n) is 10.5. The molecule has 0 aromatic heterocycles. The quantitative estimate of drug-likeness (QED) is 0.496. The summed E-state index contributed by atoms with van der Waals surface area (Å²) in [6.07, 6.45) is 3.38. The molecule has 3 nitrogen and oxygen atoms in total. The van der Waals surface area contributed by atoms with Crippen LogP contribution in [0.25, 0.3) is 0 Å². The van der Waals surface area contributed by atoms with Gasteiger partial charge >= 0.3 is 0 Å². The SMILES string of the molecule is CN(C(N)=NCCc1ccc(Cl)cc1)C1CC1.I. The molecule has 2 N–H and O–H groups in total. The maximum absolute atomic E-state index is 5.90. The number of aliphatic imine (C=N–C) groups is 1. The lowest BCUT2D eigenvalue weighted by Crippen LogP contribution is -2.35. The van der Waals surface area contributed by atoms with Gasteiger partial charge in [0.2, 0.25) is 0 Å². The van der Waals surface area contributed by atoms with Crippen molar-refractivity contribution in [2.75, 3.05) is 13.6 Å². The number of benzene rings is 1. The summed E-state index contributed by atoms with van der Waals surface area (Å²) in [5, 5.41) is 0.769. The summed E-state index contributed by atoms with van der Waals surface area (Å²) in [5.74, 6) is 0.654. The Balaban J connectivity index is 0.00000162. The van der Waals surface area contributed by atoms with Crippen LogP contribution >= 0.6 is 35.6 Å². The van der Waals surface area contributed by atoms with Crippen LogP contribution in [-0.2, 0) is 6.42 Å². The molecule has 1 aromatic carbocycles. The number of nitrogens with two attached hydrogens (primary N) is 1. The van der Waals surface area contributed by atoms with Gasteiger partial charge in [-0.1, -0.05) is 23.7 Å². The highest BCUT2D eigenvalue weighted by Gasteiger charge is 2.27. The molecule has 100 valence electrons. The average Bonchev–Trinajstić information content (AvgIpc) is 3.14. The van der Waals surface area contributed by atoms with Gasteiger partial charge in [0.15, 0.2) is 5.96 Å². The van der Waals surface area contributed by atoms with E-state index in [1.807, 2.05) is 31.3 Å². The minimum Gasteiger partial charge on any atom is -0.370 e. The van der Waals surface area contributed by atoms with Crippen LogP contribution in [0.2, 0.25) is 5.02 Å². The van der Waals surface area contributed by atoms with Crippen molar-refractivity contribution in [1.82, 2.24) is 4.90 Å². The van der Waals surface area contributed by atoms with E-state index >= 15 is 0 Å². The van der Waals surface area contributed by atoms with Crippen molar-refractivity contribution in [3.8, 4) is 0 Å². The Bertz CT molecular complexity index is 401. The van der Waals surface area contributed by atoms with Crippen molar-refractivity contribution in [2.24, 2.45) is 10.7 Å². The molecular weight excluding hydrogens is 361 g/mol. The molecule has 1 aliphatic carbocycles. The van der Waals surface area contributed by atoms with E-state index in [9.17, 15) is 0 Å². The van der Waals surface area contributed by atoms with Crippen LogP contribution in [0.3, 0.4) is 0 Å². The van der Waals surface area contributed by atoms with E-state index in [4.69, 9.17) is 17.3 Å². The number of hydrogen-bond acceptors (Lipinski definition) is 1. The van der Waals surface area contributed by atoms with Crippen molar-refractivity contribution >= 4 is 41.5 Å². The molecule has 5 heteroatoms. The predicted molar refractivity (Wildman–Crippen MR) is 87.8 cm³/mol. The van der Waals surface area contributed by atoms with Crippen molar-refractivity contribution < 1.29 is 0 Å². The lowest BCUT2D eigenvalue weighted by Gasteiger charge is -2.16. The molecule has 0 saturated heterocycles. The summed E-state index contributed by atoms with van der Waals surface area (Å²) < 4.78 is 0. The highest BCUT2D eigenvalue weighted by atomic mass is 127. The third-order valence-electron chi connectivity index (χ3n) is 3.04. The fourth-order valence-electron chi connectivity index (χ4n) is 1.71. The summed E-state index contributed by atoms with van der Waals surface area (Å²) in [4.78, 5) is 6.46. The third-order valence-corrected chi connectivity index (χ3v) is 3.30. The minimum absolute atomic E-state index is 0. The van der Waals surface area contributed by atoms with Crippen molar-refractivity contribution in [2.45, 2.75) is 25.3 Å². The Hall–Kier alpha value is -0.490. The van der Waals surface area contributed by atoms with E-state index in [0.717, 1.165) is 18.0 Å². The molecule has 1 saturated carbocycles. The predicted octanol–water partition coefficient (Wildman–Crippen LogP) is 2.91. The van der Waals surface area contributed by atoms with Crippen LogP contribution in [0.1, 0.15) is 18.4 Å². The smallest absolute Gasteiger partial charge is 0.191 e. The van der Waals surface area contributed by atoms with Crippen LogP contribution in [0.15, 0.2) is 29.3 Å². The van der Waals surface area contributed by atoms with E-state index < -0.39 is 0 Å². The minimum atomic E-state index is 0. The number of guanidine groups is 1. The van der Waals surface area contributed by atoms with Gasteiger partial charge in [0, 0.05) is 24.7 Å². The molecule has 0 spiro atoms. The highest BCUT2D eigenvalue weighted by molar-refractivity contribution is 14.0. The van der Waals surface area contributed by atoms with E-state index in [1.165, 1.54) is 18.4 Å². The number of hydrogen-bond donors (Lipinski definition) is 1. The zero-order valence-corrected chi connectivity index (χ0v) is 13.6. The Morgan fingerprint density at radius 1 is 1.39 bits per heavy atom. The average molecular weight is 380 g/mol. The van der Waals surface area contributed by atoms with Crippen LogP contribution in [0, 0.1) is 0 Å². The topological polar surface area (TPSA) is 41.6 Å². The summed E-state index contributed by atoms with van der Waals surface area (Å²) in [7, 11) is 2.01. The number of halogens is 2. The number of rotatable bonds is 4. The largest absolute Gasteiger partial charge is 0.370 e. The monoisotopic (exact) mass is 379 g/mol. The molecule has 1 aromatic rings. The zero-order chi connectivity index (χ0) is 12.3. The van der Waals surface area contributed by atoms with E-state index in [2.05, 4.69) is 9.89 Å². The van der Waals surface area contributed by atoms with E-state index in [-0.39, 0.29) is 24.0 Å². The second-order valence-corrected chi connectivity index (χ2v) is 4.89. The Morgan fingerprint density at radius 3 is 2.56 bits per heavy atom. The highest BCUT2D eigenvalue weighted by Crippen LogP contribution is 2.24. The fourth-order valence-corrected chi connectivity index (χ4v) is 1.84. The Labute approximate surface area is 130 Å². The Morgan fingerprint density at radius 2 is 2.00 bits per heavy atom. The van der Waals surface area contributed by atoms with Gasteiger partial charge in [-0.05, 0) is 37.0 Å². The van der Waals surface area contributed by atoms with Crippen molar-refractivity contribution in [1.29, 1.82) is 0 Å². The molecule has 0 radical (unpaired) electrons. The molecule has 2 rings (SSSR count). The molecule has 0 amide bonds. The van der Waals surface area contributed by atoms with Crippen molar-refractivity contribution in [3.05, 3.63) is 34.9 Å². The van der Waals surface area contributed by atoms with Crippen LogP contribution in [-0.4, -0.2) is 30.5 Å². The second kappa shape index (κ2) is 7.19. The van der Waals surface area contributed by atoms with Gasteiger partial charge < -0.3 is 10.6 Å². The maximum atomic E-state index is 5.90. The lowest BCUT2D eigenvalue weighted by atomic mass is 10.1. The van der Waals surface area contributed by atoms with Crippen LogP contribution in [0.4, 0.5) is 0 Å². The fraction of sp³-hybridized carbons (Fsp3) is 0.462. The summed E-state index contributed by atoms with van der Waals surface area (Å²) >= 11 is 5.83. The first-order chi connectivity index (χ1) is 8.16. The maximum Gasteiger partial charge on any atom is 0.191 e. The van der Waals surface area contributed by atoms with Gasteiger partial charge in [0.25, 0.3) is 0 Å². The van der Waals surface area contributed by atoms with Gasteiger partial charge in [-0.15, -0.1) is 24.0 Å². The van der Waals surface area contributed by atoms with Gasteiger partial charge in [-0.2, -0.15) is 0 Å². The summed E-state index contributed by atoms with van der Waals surface area (Å²) in [6.45, 7) is 0.727. The molecular formula is C13H19ClIN3. The van der Waals surface area contributed by atoms with E-state index in [1.54, 1.807) is 0 Å². The van der Waals surface area contributed by atoms with Crippen LogP contribution < -0.4 is 5.73 Å². The molecule has 1 fully saturated rings. The van der Waals surface area contributed by atoms with Crippen molar-refractivity contribution in [3.63, 3.8) is 0 Å². The Kier molecular flexibility index (Phi) is 6.21. The second-order valence-electron chi connectivity index (χ2n) is 4.46. The molecule has 0 aliphatic heterocycles. The van der Waals surface area contributed by atoms with Gasteiger partial charge in [0.1, 0.15) is 0 Å². The van der Waals surface area contributed by atoms with E-state index in [0.29, 0.717) is 12.0 Å². The third kappa shape index (κ3) is 4.65. The molecule has 1 aliphatic rings. The van der Waals surface area contributed by atoms with Gasteiger partial charge in [-0.3, -0.25) is 4.99 Å². The van der Waals surface area contributed by atoms with Gasteiger partial charge in [-0.25, -0.2) is 0 Å². The number of nitrogens with zero attached hydrogens (tertiary/aromatic N) is 2. The first-order valence-corrected chi connectivity index (χ1v) is 6.32. The lowest BCUT2D eigenvalue weighted by molar-refractivity contribution is 0.487. The molecule has 0 unspecified atom stereocenters. The molecule has 0 atom stereocenters. The molecule has 0 bridgehead atoms. The normalized spacial score (nSPS) is 15.1. The summed E-state index contributed by atoms with van der Waals surface area (Å²) in [5.41, 5.74) is 7.14. The first-order valence-electron chi connectivity index (χ1n) is 5.94. The van der Waals surface area contributed by atoms with Crippen LogP contribution in [0.5, 0.6) is 0 Å². The standard InChI is InChI=1S/C13H18ClN3.HI/c1-17(12-6-7-12)13(15)16-9-8-10-2-4-11(14)5-3-10;/h2-5,12H,6-9H2,1H3,(H2,15,16);1H. The first kappa shape index (κ1) is 15.6.